The Morgan fingerprint density at radius 3 is 2.45 bits per heavy atom. The molecule has 2 N–H and O–H groups in total. The predicted molar refractivity (Wildman–Crippen MR) is 128 cm³/mol. The van der Waals surface area contributed by atoms with Crippen LogP contribution in [0.25, 0.3) is 6.08 Å². The van der Waals surface area contributed by atoms with Crippen molar-refractivity contribution in [1.82, 2.24) is 4.90 Å². The van der Waals surface area contributed by atoms with Crippen LogP contribution in [-0.2, 0) is 4.79 Å². The van der Waals surface area contributed by atoms with Crippen LogP contribution in [0.3, 0.4) is 0 Å². The summed E-state index contributed by atoms with van der Waals surface area (Å²) in [5.74, 6) is 1.30. The summed E-state index contributed by atoms with van der Waals surface area (Å²) in [6, 6.07) is 15.1. The standard InChI is InChI=1S/C25H30N4O4/c1-31-22-7-4-3-6-21(22)29-13-11-28(12-14-29)10-5-15-33-24-17-19(8-9-23(24)32-2)16-20(18-26)25(27)30/h3-4,6-9,16-17H,5,10-15H2,1-2H3,(H2,27,30)/b20-16+. The Balaban J connectivity index is 1.50. The average molecular weight is 451 g/mol. The zero-order valence-corrected chi connectivity index (χ0v) is 19.1. The SMILES string of the molecule is COc1ccc(/C=C(\C#N)C(N)=O)cc1OCCCN1CCN(c2ccccc2OC)CC1. The van der Waals surface area contributed by atoms with E-state index >= 15 is 0 Å². The molecule has 0 aliphatic carbocycles. The minimum atomic E-state index is -0.762. The number of piperazine rings is 1. The highest BCUT2D eigenvalue weighted by Crippen LogP contribution is 2.30. The minimum absolute atomic E-state index is 0.113. The van der Waals surface area contributed by atoms with Crippen LogP contribution < -0.4 is 24.8 Å². The van der Waals surface area contributed by atoms with Crippen molar-refractivity contribution in [3.05, 3.63) is 53.6 Å². The molecule has 2 aromatic carbocycles. The van der Waals surface area contributed by atoms with Crippen molar-refractivity contribution in [2.24, 2.45) is 5.73 Å². The quantitative estimate of drug-likeness (QED) is 0.337. The third kappa shape index (κ3) is 6.40. The molecule has 1 heterocycles. The molecule has 1 saturated heterocycles. The second-order valence-electron chi connectivity index (χ2n) is 7.65. The molecule has 33 heavy (non-hydrogen) atoms. The lowest BCUT2D eigenvalue weighted by Crippen LogP contribution is -2.46. The molecule has 1 fully saturated rings. The Morgan fingerprint density at radius 2 is 1.79 bits per heavy atom. The fraction of sp³-hybridized carbons (Fsp3) is 0.360. The van der Waals surface area contributed by atoms with Gasteiger partial charge in [-0.2, -0.15) is 5.26 Å². The average Bonchev–Trinajstić information content (AvgIpc) is 2.85. The van der Waals surface area contributed by atoms with E-state index < -0.39 is 5.91 Å². The first-order valence-electron chi connectivity index (χ1n) is 10.9. The number of anilines is 1. The number of nitrogens with zero attached hydrogens (tertiary/aromatic N) is 3. The number of para-hydroxylation sites is 2. The molecule has 0 atom stereocenters. The molecule has 1 aliphatic rings. The van der Waals surface area contributed by atoms with Gasteiger partial charge in [0, 0.05) is 32.7 Å². The van der Waals surface area contributed by atoms with Crippen LogP contribution in [0.15, 0.2) is 48.0 Å². The molecule has 0 spiro atoms. The summed E-state index contributed by atoms with van der Waals surface area (Å²) in [6.45, 7) is 5.31. The number of ether oxygens (including phenoxy) is 3. The van der Waals surface area contributed by atoms with Gasteiger partial charge in [-0.05, 0) is 42.3 Å². The largest absolute Gasteiger partial charge is 0.495 e. The van der Waals surface area contributed by atoms with Crippen LogP contribution in [0.1, 0.15) is 12.0 Å². The highest BCUT2D eigenvalue weighted by molar-refractivity contribution is 6.00. The highest BCUT2D eigenvalue weighted by atomic mass is 16.5. The van der Waals surface area contributed by atoms with Gasteiger partial charge < -0.3 is 24.8 Å². The van der Waals surface area contributed by atoms with Crippen LogP contribution in [0.2, 0.25) is 0 Å². The molecule has 8 nitrogen and oxygen atoms in total. The van der Waals surface area contributed by atoms with Gasteiger partial charge in [-0.25, -0.2) is 0 Å². The first-order chi connectivity index (χ1) is 16.0. The number of nitriles is 1. The summed E-state index contributed by atoms with van der Waals surface area (Å²) in [5, 5.41) is 9.04. The van der Waals surface area contributed by atoms with Crippen molar-refractivity contribution in [1.29, 1.82) is 5.26 Å². The van der Waals surface area contributed by atoms with E-state index in [0.29, 0.717) is 23.7 Å². The van der Waals surface area contributed by atoms with Crippen molar-refractivity contribution < 1.29 is 19.0 Å². The van der Waals surface area contributed by atoms with Gasteiger partial charge in [-0.15, -0.1) is 0 Å². The van der Waals surface area contributed by atoms with Crippen LogP contribution in [0, 0.1) is 11.3 Å². The molecule has 0 bridgehead atoms. The van der Waals surface area contributed by atoms with Crippen molar-refractivity contribution in [2.75, 3.05) is 58.5 Å². The van der Waals surface area contributed by atoms with E-state index in [4.69, 9.17) is 25.2 Å². The molecule has 1 aliphatic heterocycles. The lowest BCUT2D eigenvalue weighted by molar-refractivity contribution is -0.114. The van der Waals surface area contributed by atoms with Crippen LogP contribution >= 0.6 is 0 Å². The summed E-state index contributed by atoms with van der Waals surface area (Å²) < 4.78 is 16.8. The summed E-state index contributed by atoms with van der Waals surface area (Å²) in [6.07, 6.45) is 2.30. The lowest BCUT2D eigenvalue weighted by Gasteiger charge is -2.36. The number of primary amides is 1. The maximum Gasteiger partial charge on any atom is 0.259 e. The van der Waals surface area contributed by atoms with Crippen molar-refractivity contribution in [2.45, 2.75) is 6.42 Å². The summed E-state index contributed by atoms with van der Waals surface area (Å²) in [4.78, 5) is 16.1. The number of carbonyl (C=O) groups is 1. The number of amides is 1. The van der Waals surface area contributed by atoms with Gasteiger partial charge in [0.05, 0.1) is 26.5 Å². The topological polar surface area (TPSA) is 101 Å². The van der Waals surface area contributed by atoms with E-state index in [9.17, 15) is 4.79 Å². The van der Waals surface area contributed by atoms with Gasteiger partial charge in [0.1, 0.15) is 17.4 Å². The van der Waals surface area contributed by atoms with Crippen molar-refractivity contribution in [3.63, 3.8) is 0 Å². The molecule has 3 rings (SSSR count). The number of carbonyl (C=O) groups excluding carboxylic acids is 1. The smallest absolute Gasteiger partial charge is 0.259 e. The second kappa shape index (κ2) is 11.8. The number of hydrogen-bond acceptors (Lipinski definition) is 7. The van der Waals surface area contributed by atoms with Gasteiger partial charge in [-0.1, -0.05) is 18.2 Å². The maximum absolute atomic E-state index is 11.3. The van der Waals surface area contributed by atoms with Crippen LogP contribution in [0.4, 0.5) is 5.69 Å². The van der Waals surface area contributed by atoms with Crippen LogP contribution in [0.5, 0.6) is 17.2 Å². The molecule has 0 saturated carbocycles. The molecular weight excluding hydrogens is 420 g/mol. The Morgan fingerprint density at radius 1 is 1.06 bits per heavy atom. The van der Waals surface area contributed by atoms with E-state index in [2.05, 4.69) is 15.9 Å². The van der Waals surface area contributed by atoms with E-state index in [1.807, 2.05) is 18.2 Å². The second-order valence-corrected chi connectivity index (χ2v) is 7.65. The third-order valence-corrected chi connectivity index (χ3v) is 5.56. The predicted octanol–water partition coefficient (Wildman–Crippen LogP) is 2.69. The normalized spacial score (nSPS) is 14.5. The number of benzene rings is 2. The number of methoxy groups -OCH3 is 2. The van der Waals surface area contributed by atoms with Gasteiger partial charge in [-0.3, -0.25) is 9.69 Å². The summed E-state index contributed by atoms with van der Waals surface area (Å²) >= 11 is 0. The molecule has 174 valence electrons. The van der Waals surface area contributed by atoms with Gasteiger partial charge in [0.2, 0.25) is 0 Å². The van der Waals surface area contributed by atoms with Gasteiger partial charge >= 0.3 is 0 Å². The maximum atomic E-state index is 11.3. The van der Waals surface area contributed by atoms with Crippen LogP contribution in [-0.4, -0.2) is 64.4 Å². The van der Waals surface area contributed by atoms with Gasteiger partial charge in [0.25, 0.3) is 5.91 Å². The zero-order valence-electron chi connectivity index (χ0n) is 19.1. The highest BCUT2D eigenvalue weighted by Gasteiger charge is 2.19. The molecule has 8 heteroatoms. The minimum Gasteiger partial charge on any atom is -0.495 e. The fourth-order valence-corrected chi connectivity index (χ4v) is 3.79. The van der Waals surface area contributed by atoms with E-state index in [1.165, 1.54) is 6.08 Å². The Labute approximate surface area is 194 Å². The lowest BCUT2D eigenvalue weighted by atomic mass is 10.1. The molecule has 2 aromatic rings. The van der Waals surface area contributed by atoms with E-state index in [-0.39, 0.29) is 5.57 Å². The first kappa shape index (κ1) is 24.0. The van der Waals surface area contributed by atoms with Crippen molar-refractivity contribution in [3.8, 4) is 23.3 Å². The molecular formula is C25H30N4O4. The molecule has 0 unspecified atom stereocenters. The Hall–Kier alpha value is -3.70. The van der Waals surface area contributed by atoms with Crippen molar-refractivity contribution >= 4 is 17.7 Å². The van der Waals surface area contributed by atoms with E-state index in [1.54, 1.807) is 38.5 Å². The summed E-state index contributed by atoms with van der Waals surface area (Å²) in [7, 11) is 3.28. The summed E-state index contributed by atoms with van der Waals surface area (Å²) in [5.41, 5.74) is 6.89. The number of hydrogen-bond donors (Lipinski definition) is 1. The zero-order chi connectivity index (χ0) is 23.6. The molecule has 0 aromatic heterocycles. The molecule has 1 amide bonds. The Bertz CT molecular complexity index is 1020. The number of nitrogens with two attached hydrogens (primary N) is 1. The Kier molecular flexibility index (Phi) is 8.56. The number of rotatable bonds is 10. The molecule has 0 radical (unpaired) electrons. The first-order valence-corrected chi connectivity index (χ1v) is 10.9. The third-order valence-electron chi connectivity index (χ3n) is 5.56. The monoisotopic (exact) mass is 450 g/mol. The van der Waals surface area contributed by atoms with E-state index in [0.717, 1.165) is 50.6 Å². The fourth-order valence-electron chi connectivity index (χ4n) is 3.79. The van der Waals surface area contributed by atoms with Gasteiger partial charge in [0.15, 0.2) is 11.5 Å².